The molecule has 0 aromatic heterocycles. The first-order chi connectivity index (χ1) is 9.30. The Morgan fingerprint density at radius 1 is 1.25 bits per heavy atom. The Balaban J connectivity index is 2.70. The highest BCUT2D eigenvalue weighted by atomic mass is 32.2. The average molecular weight is 299 g/mol. The van der Waals surface area contributed by atoms with E-state index in [0.29, 0.717) is 6.42 Å². The van der Waals surface area contributed by atoms with Gasteiger partial charge in [0.05, 0.1) is 5.75 Å². The highest BCUT2D eigenvalue weighted by molar-refractivity contribution is 7.89. The van der Waals surface area contributed by atoms with Gasteiger partial charge in [0.15, 0.2) is 0 Å². The Bertz CT molecular complexity index is 525. The molecule has 0 bridgehead atoms. The minimum Gasteiger partial charge on any atom is -0.480 e. The van der Waals surface area contributed by atoms with Crippen LogP contribution >= 0.6 is 0 Å². The molecule has 112 valence electrons. The molecule has 2 N–H and O–H groups in total. The van der Waals surface area contributed by atoms with Crippen LogP contribution in [0.2, 0.25) is 0 Å². The Morgan fingerprint density at radius 3 is 2.35 bits per heavy atom. The van der Waals surface area contributed by atoms with Crippen LogP contribution in [0.4, 0.5) is 0 Å². The van der Waals surface area contributed by atoms with Gasteiger partial charge >= 0.3 is 5.97 Å². The SMILES string of the molecule is CC(C)CCS(=O)(=O)N[C@H](Cc1ccccc1)C(=O)O. The van der Waals surface area contributed by atoms with E-state index in [1.54, 1.807) is 24.3 Å². The maximum Gasteiger partial charge on any atom is 0.322 e. The van der Waals surface area contributed by atoms with Crippen LogP contribution in [0.25, 0.3) is 0 Å². The summed E-state index contributed by atoms with van der Waals surface area (Å²) in [4.78, 5) is 11.2. The third-order valence-corrected chi connectivity index (χ3v) is 4.28. The number of carboxylic acids is 1. The van der Waals surface area contributed by atoms with Gasteiger partial charge in [-0.05, 0) is 24.3 Å². The summed E-state index contributed by atoms with van der Waals surface area (Å²) in [5.41, 5.74) is 0.784. The van der Waals surface area contributed by atoms with E-state index in [9.17, 15) is 13.2 Å². The summed E-state index contributed by atoms with van der Waals surface area (Å²) in [6, 6.07) is 7.83. The van der Waals surface area contributed by atoms with Crippen LogP contribution < -0.4 is 4.72 Å². The Hall–Kier alpha value is -1.40. The van der Waals surface area contributed by atoms with Crippen molar-refractivity contribution in [2.75, 3.05) is 5.75 Å². The molecular weight excluding hydrogens is 278 g/mol. The molecule has 0 aliphatic carbocycles. The van der Waals surface area contributed by atoms with Crippen molar-refractivity contribution in [3.05, 3.63) is 35.9 Å². The fourth-order valence-corrected chi connectivity index (χ4v) is 3.21. The first kappa shape index (κ1) is 16.7. The van der Waals surface area contributed by atoms with E-state index in [0.717, 1.165) is 5.56 Å². The lowest BCUT2D eigenvalue weighted by atomic mass is 10.1. The van der Waals surface area contributed by atoms with Crippen molar-refractivity contribution in [3.63, 3.8) is 0 Å². The maximum atomic E-state index is 11.9. The second kappa shape index (κ2) is 7.40. The molecule has 6 heteroatoms. The van der Waals surface area contributed by atoms with Crippen LogP contribution in [0.3, 0.4) is 0 Å². The number of hydrogen-bond acceptors (Lipinski definition) is 3. The molecule has 0 aliphatic rings. The second-order valence-electron chi connectivity index (χ2n) is 5.20. The van der Waals surface area contributed by atoms with Crippen molar-refractivity contribution < 1.29 is 18.3 Å². The first-order valence-corrected chi connectivity index (χ1v) is 8.22. The number of benzene rings is 1. The zero-order valence-corrected chi connectivity index (χ0v) is 12.6. The van der Waals surface area contributed by atoms with E-state index in [4.69, 9.17) is 5.11 Å². The number of nitrogens with one attached hydrogen (secondary N) is 1. The predicted molar refractivity (Wildman–Crippen MR) is 77.9 cm³/mol. The van der Waals surface area contributed by atoms with Crippen molar-refractivity contribution in [2.45, 2.75) is 32.7 Å². The molecule has 0 unspecified atom stereocenters. The van der Waals surface area contributed by atoms with Crippen molar-refractivity contribution in [1.29, 1.82) is 0 Å². The molecule has 0 aliphatic heterocycles. The largest absolute Gasteiger partial charge is 0.480 e. The smallest absolute Gasteiger partial charge is 0.322 e. The predicted octanol–water partition coefficient (Wildman–Crippen LogP) is 1.65. The van der Waals surface area contributed by atoms with Gasteiger partial charge in [0.2, 0.25) is 10.0 Å². The van der Waals surface area contributed by atoms with Crippen LogP contribution in [-0.4, -0.2) is 31.3 Å². The topological polar surface area (TPSA) is 83.5 Å². The van der Waals surface area contributed by atoms with Crippen molar-refractivity contribution in [1.82, 2.24) is 4.72 Å². The van der Waals surface area contributed by atoms with Gasteiger partial charge < -0.3 is 5.11 Å². The molecule has 1 atom stereocenters. The van der Waals surface area contributed by atoms with E-state index >= 15 is 0 Å². The third-order valence-electron chi connectivity index (χ3n) is 2.87. The zero-order valence-electron chi connectivity index (χ0n) is 11.7. The van der Waals surface area contributed by atoms with Gasteiger partial charge in [-0.3, -0.25) is 4.79 Å². The number of carboxylic acid groups (broad SMARTS) is 1. The molecule has 20 heavy (non-hydrogen) atoms. The summed E-state index contributed by atoms with van der Waals surface area (Å²) in [6.45, 7) is 3.85. The molecule has 0 amide bonds. The maximum absolute atomic E-state index is 11.9. The van der Waals surface area contributed by atoms with Crippen LogP contribution in [0.5, 0.6) is 0 Å². The van der Waals surface area contributed by atoms with Gasteiger partial charge in [0, 0.05) is 0 Å². The lowest BCUT2D eigenvalue weighted by molar-refractivity contribution is -0.138. The molecule has 0 saturated heterocycles. The van der Waals surface area contributed by atoms with Gasteiger partial charge in [-0.1, -0.05) is 44.2 Å². The van der Waals surface area contributed by atoms with Crippen LogP contribution in [-0.2, 0) is 21.2 Å². The summed E-state index contributed by atoms with van der Waals surface area (Å²) >= 11 is 0. The van der Waals surface area contributed by atoms with Crippen LogP contribution in [0.15, 0.2) is 30.3 Å². The lowest BCUT2D eigenvalue weighted by Crippen LogP contribution is -2.43. The van der Waals surface area contributed by atoms with Gasteiger partial charge in [-0.2, -0.15) is 0 Å². The monoisotopic (exact) mass is 299 g/mol. The number of sulfonamides is 1. The molecule has 1 aromatic rings. The Kier molecular flexibility index (Phi) is 6.16. The fraction of sp³-hybridized carbons (Fsp3) is 0.500. The minimum atomic E-state index is -3.57. The van der Waals surface area contributed by atoms with E-state index in [-0.39, 0.29) is 18.1 Å². The fourth-order valence-electron chi connectivity index (χ4n) is 1.70. The molecule has 5 nitrogen and oxygen atoms in total. The van der Waals surface area contributed by atoms with Gasteiger partial charge in [0.25, 0.3) is 0 Å². The Labute approximate surface area is 120 Å². The average Bonchev–Trinajstić information content (AvgIpc) is 2.37. The highest BCUT2D eigenvalue weighted by Crippen LogP contribution is 2.07. The minimum absolute atomic E-state index is 0.0523. The molecule has 1 aromatic carbocycles. The number of carbonyl (C=O) groups is 1. The van der Waals surface area contributed by atoms with Crippen LogP contribution in [0.1, 0.15) is 25.8 Å². The molecule has 0 saturated carbocycles. The number of aliphatic carboxylic acids is 1. The molecule has 0 fully saturated rings. The third kappa shape index (κ3) is 6.16. The normalized spacial score (nSPS) is 13.3. The zero-order chi connectivity index (χ0) is 15.2. The second-order valence-corrected chi connectivity index (χ2v) is 7.07. The molecule has 1 rings (SSSR count). The summed E-state index contributed by atoms with van der Waals surface area (Å²) in [7, 11) is -3.57. The van der Waals surface area contributed by atoms with E-state index < -0.39 is 22.0 Å². The van der Waals surface area contributed by atoms with Crippen molar-refractivity contribution in [2.24, 2.45) is 5.92 Å². The first-order valence-electron chi connectivity index (χ1n) is 6.57. The highest BCUT2D eigenvalue weighted by Gasteiger charge is 2.24. The summed E-state index contributed by atoms with van der Waals surface area (Å²) in [5, 5.41) is 9.15. The summed E-state index contributed by atoms with van der Waals surface area (Å²) < 4.78 is 26.0. The Morgan fingerprint density at radius 2 is 1.85 bits per heavy atom. The summed E-state index contributed by atoms with van der Waals surface area (Å²) in [5.74, 6) is -0.964. The van der Waals surface area contributed by atoms with Gasteiger partial charge in [-0.25, -0.2) is 13.1 Å². The van der Waals surface area contributed by atoms with Crippen molar-refractivity contribution >= 4 is 16.0 Å². The molecular formula is C14H21NO4S. The van der Waals surface area contributed by atoms with Gasteiger partial charge in [0.1, 0.15) is 6.04 Å². The number of rotatable bonds is 8. The van der Waals surface area contributed by atoms with Crippen molar-refractivity contribution in [3.8, 4) is 0 Å². The number of hydrogen-bond donors (Lipinski definition) is 2. The van der Waals surface area contributed by atoms with E-state index in [1.165, 1.54) is 0 Å². The van der Waals surface area contributed by atoms with E-state index in [1.807, 2.05) is 19.9 Å². The molecule has 0 spiro atoms. The van der Waals surface area contributed by atoms with Crippen LogP contribution in [0, 0.1) is 5.92 Å². The lowest BCUT2D eigenvalue weighted by Gasteiger charge is -2.15. The molecule has 0 radical (unpaired) electrons. The van der Waals surface area contributed by atoms with E-state index in [2.05, 4.69) is 4.72 Å². The standard InChI is InChI=1S/C14H21NO4S/c1-11(2)8-9-20(18,19)15-13(14(16)17)10-12-6-4-3-5-7-12/h3-7,11,13,15H,8-10H2,1-2H3,(H,16,17)/t13-/m1/s1. The molecule has 0 heterocycles. The quantitative estimate of drug-likeness (QED) is 0.764. The van der Waals surface area contributed by atoms with Gasteiger partial charge in [-0.15, -0.1) is 0 Å². The summed E-state index contributed by atoms with van der Waals surface area (Å²) in [6.07, 6.45) is 0.643.